The van der Waals surface area contributed by atoms with E-state index in [1.165, 1.54) is 15.4 Å². The lowest BCUT2D eigenvalue weighted by molar-refractivity contribution is -0.116. The van der Waals surface area contributed by atoms with Gasteiger partial charge in [-0.05, 0) is 32.0 Å². The molecular formula is C18H16N6O2. The maximum Gasteiger partial charge on any atom is 0.348 e. The highest BCUT2D eigenvalue weighted by atomic mass is 16.2. The van der Waals surface area contributed by atoms with Gasteiger partial charge in [0.2, 0.25) is 5.91 Å². The highest BCUT2D eigenvalue weighted by Crippen LogP contribution is 2.19. The van der Waals surface area contributed by atoms with Gasteiger partial charge < -0.3 is 5.32 Å². The molecule has 0 aliphatic heterocycles. The van der Waals surface area contributed by atoms with E-state index in [4.69, 9.17) is 0 Å². The number of amides is 1. The first-order chi connectivity index (χ1) is 12.5. The average molecular weight is 348 g/mol. The Labute approximate surface area is 149 Å². The van der Waals surface area contributed by atoms with E-state index >= 15 is 0 Å². The lowest BCUT2D eigenvalue weighted by Crippen LogP contribution is -2.31. The number of carbonyl (C=O) groups excluding carboxylic acids is 1. The Hall–Kier alpha value is -3.73. The van der Waals surface area contributed by atoms with Gasteiger partial charge in [0.25, 0.3) is 0 Å². The summed E-state index contributed by atoms with van der Waals surface area (Å²) in [7, 11) is 0. The average Bonchev–Trinajstić information content (AvgIpc) is 3.01. The van der Waals surface area contributed by atoms with Crippen molar-refractivity contribution >= 4 is 11.7 Å². The summed E-state index contributed by atoms with van der Waals surface area (Å²) in [5, 5.41) is 16.1. The summed E-state index contributed by atoms with van der Waals surface area (Å²) in [6, 6.07) is 12.9. The molecule has 1 aromatic carbocycles. The van der Waals surface area contributed by atoms with Crippen LogP contribution in [0.25, 0.3) is 5.69 Å². The molecule has 2 heterocycles. The van der Waals surface area contributed by atoms with Crippen molar-refractivity contribution in [1.29, 1.82) is 5.26 Å². The molecule has 3 aromatic rings. The molecule has 0 bridgehead atoms. The smallest absolute Gasteiger partial charge is 0.308 e. The third kappa shape index (κ3) is 3.37. The van der Waals surface area contributed by atoms with Gasteiger partial charge in [0.05, 0.1) is 11.9 Å². The molecule has 2 aromatic heterocycles. The Morgan fingerprint density at radius 2 is 2.00 bits per heavy atom. The molecule has 1 N–H and O–H groups in total. The number of aromatic nitrogens is 4. The Morgan fingerprint density at radius 1 is 1.27 bits per heavy atom. The van der Waals surface area contributed by atoms with Crippen molar-refractivity contribution in [3.05, 3.63) is 70.0 Å². The molecular weight excluding hydrogens is 332 g/mol. The standard InChI is InChI=1S/C18H16N6O2/c1-12-8-13(2)23(18(26)21-12)11-16(25)22-17-14(9-19)10-20-24(17)15-6-4-3-5-7-15/h3-8,10H,11H2,1-2H3,(H,22,25). The summed E-state index contributed by atoms with van der Waals surface area (Å²) >= 11 is 0. The number of anilines is 1. The van der Waals surface area contributed by atoms with E-state index in [0.29, 0.717) is 17.1 Å². The molecule has 0 aliphatic carbocycles. The largest absolute Gasteiger partial charge is 0.348 e. The molecule has 26 heavy (non-hydrogen) atoms. The Morgan fingerprint density at radius 3 is 2.65 bits per heavy atom. The van der Waals surface area contributed by atoms with Crippen molar-refractivity contribution < 1.29 is 4.79 Å². The number of hydrogen-bond acceptors (Lipinski definition) is 5. The van der Waals surface area contributed by atoms with Crippen LogP contribution in [0, 0.1) is 25.2 Å². The highest BCUT2D eigenvalue weighted by molar-refractivity contribution is 5.91. The van der Waals surface area contributed by atoms with Crippen LogP contribution in [0.1, 0.15) is 17.0 Å². The van der Waals surface area contributed by atoms with Crippen molar-refractivity contribution in [2.24, 2.45) is 0 Å². The van der Waals surface area contributed by atoms with E-state index in [2.05, 4.69) is 15.4 Å². The lowest BCUT2D eigenvalue weighted by atomic mass is 10.3. The van der Waals surface area contributed by atoms with Gasteiger partial charge in [-0.1, -0.05) is 18.2 Å². The number of hydrogen-bond donors (Lipinski definition) is 1. The third-order valence-corrected chi connectivity index (χ3v) is 3.80. The van der Waals surface area contributed by atoms with E-state index < -0.39 is 11.6 Å². The SMILES string of the molecule is Cc1cc(C)n(CC(=O)Nc2c(C#N)cnn2-c2ccccc2)c(=O)n1. The number of aryl methyl sites for hydroxylation is 2. The van der Waals surface area contributed by atoms with Gasteiger partial charge in [-0.25, -0.2) is 9.48 Å². The van der Waals surface area contributed by atoms with E-state index in [-0.39, 0.29) is 17.9 Å². The van der Waals surface area contributed by atoms with Crippen LogP contribution >= 0.6 is 0 Å². The van der Waals surface area contributed by atoms with E-state index in [0.717, 1.165) is 0 Å². The van der Waals surface area contributed by atoms with Gasteiger partial charge in [0.1, 0.15) is 18.2 Å². The van der Waals surface area contributed by atoms with Crippen molar-refractivity contribution in [1.82, 2.24) is 19.3 Å². The summed E-state index contributed by atoms with van der Waals surface area (Å²) in [6.45, 7) is 3.25. The fraction of sp³-hybridized carbons (Fsp3) is 0.167. The normalized spacial score (nSPS) is 10.3. The molecule has 8 nitrogen and oxygen atoms in total. The topological polar surface area (TPSA) is 106 Å². The molecule has 3 rings (SSSR count). The highest BCUT2D eigenvalue weighted by Gasteiger charge is 2.16. The number of nitriles is 1. The maximum absolute atomic E-state index is 12.5. The summed E-state index contributed by atoms with van der Waals surface area (Å²) in [5.74, 6) is -0.190. The van der Waals surface area contributed by atoms with Crippen LogP contribution in [0.15, 0.2) is 47.4 Å². The minimum absolute atomic E-state index is 0.206. The third-order valence-electron chi connectivity index (χ3n) is 3.80. The predicted octanol–water partition coefficient (Wildman–Crippen LogP) is 1.56. The molecule has 0 unspecified atom stereocenters. The van der Waals surface area contributed by atoms with Crippen molar-refractivity contribution in [3.8, 4) is 11.8 Å². The van der Waals surface area contributed by atoms with Gasteiger partial charge in [-0.15, -0.1) is 0 Å². The Bertz CT molecular complexity index is 1060. The number of carbonyl (C=O) groups is 1. The first kappa shape index (κ1) is 17.1. The van der Waals surface area contributed by atoms with Gasteiger partial charge in [0, 0.05) is 11.4 Å². The zero-order valence-electron chi connectivity index (χ0n) is 14.3. The number of para-hydroxylation sites is 1. The van der Waals surface area contributed by atoms with Crippen LogP contribution in [0.4, 0.5) is 5.82 Å². The molecule has 0 saturated carbocycles. The van der Waals surface area contributed by atoms with Gasteiger partial charge in [-0.2, -0.15) is 15.3 Å². The Kier molecular flexibility index (Phi) is 4.62. The quantitative estimate of drug-likeness (QED) is 0.770. The number of nitrogens with one attached hydrogen (secondary N) is 1. The second-order valence-corrected chi connectivity index (χ2v) is 5.72. The number of benzene rings is 1. The van der Waals surface area contributed by atoms with Gasteiger partial charge in [0.15, 0.2) is 5.82 Å². The maximum atomic E-state index is 12.5. The summed E-state index contributed by atoms with van der Waals surface area (Å²) in [5.41, 5.74) is 1.67. The summed E-state index contributed by atoms with van der Waals surface area (Å²) < 4.78 is 2.75. The minimum atomic E-state index is -0.491. The summed E-state index contributed by atoms with van der Waals surface area (Å²) in [6.07, 6.45) is 1.38. The molecule has 0 radical (unpaired) electrons. The number of nitrogens with zero attached hydrogens (tertiary/aromatic N) is 5. The molecule has 0 atom stereocenters. The minimum Gasteiger partial charge on any atom is -0.308 e. The van der Waals surface area contributed by atoms with Gasteiger partial charge in [-0.3, -0.25) is 9.36 Å². The van der Waals surface area contributed by atoms with E-state index in [1.807, 2.05) is 36.4 Å². The lowest BCUT2D eigenvalue weighted by Gasteiger charge is -2.12. The molecule has 0 saturated heterocycles. The second-order valence-electron chi connectivity index (χ2n) is 5.72. The zero-order valence-corrected chi connectivity index (χ0v) is 14.3. The van der Waals surface area contributed by atoms with E-state index in [9.17, 15) is 14.9 Å². The summed E-state index contributed by atoms with van der Waals surface area (Å²) in [4.78, 5) is 28.3. The molecule has 0 fully saturated rings. The van der Waals surface area contributed by atoms with Crippen LogP contribution in [0.2, 0.25) is 0 Å². The zero-order chi connectivity index (χ0) is 18.7. The Balaban J connectivity index is 1.90. The van der Waals surface area contributed by atoms with Crippen LogP contribution < -0.4 is 11.0 Å². The van der Waals surface area contributed by atoms with Crippen LogP contribution in [-0.4, -0.2) is 25.2 Å². The van der Waals surface area contributed by atoms with Crippen LogP contribution in [-0.2, 0) is 11.3 Å². The van der Waals surface area contributed by atoms with Crippen LogP contribution in [0.5, 0.6) is 0 Å². The molecule has 8 heteroatoms. The van der Waals surface area contributed by atoms with Gasteiger partial charge >= 0.3 is 5.69 Å². The van der Waals surface area contributed by atoms with Crippen molar-refractivity contribution in [3.63, 3.8) is 0 Å². The molecule has 1 amide bonds. The molecule has 0 spiro atoms. The van der Waals surface area contributed by atoms with Crippen molar-refractivity contribution in [2.75, 3.05) is 5.32 Å². The number of rotatable bonds is 4. The first-order valence-corrected chi connectivity index (χ1v) is 7.88. The predicted molar refractivity (Wildman–Crippen MR) is 94.9 cm³/mol. The molecule has 0 aliphatic rings. The monoisotopic (exact) mass is 348 g/mol. The van der Waals surface area contributed by atoms with E-state index in [1.54, 1.807) is 19.9 Å². The van der Waals surface area contributed by atoms with Crippen LogP contribution in [0.3, 0.4) is 0 Å². The fourth-order valence-electron chi connectivity index (χ4n) is 2.60. The fourth-order valence-corrected chi connectivity index (χ4v) is 2.60. The first-order valence-electron chi connectivity index (χ1n) is 7.88. The molecule has 130 valence electrons. The van der Waals surface area contributed by atoms with Crippen molar-refractivity contribution in [2.45, 2.75) is 20.4 Å². The second kappa shape index (κ2) is 7.03.